The van der Waals surface area contributed by atoms with Crippen LogP contribution >= 0.6 is 11.3 Å². The molecule has 1 aliphatic heterocycles. The first-order valence-electron chi connectivity index (χ1n) is 26.7. The Balaban J connectivity index is 0.981. The number of nitrogens with one attached hydrogen (secondary N) is 9. The van der Waals surface area contributed by atoms with Gasteiger partial charge in [0.15, 0.2) is 0 Å². The lowest BCUT2D eigenvalue weighted by Gasteiger charge is -2.31. The molecule has 1 fully saturated rings. The number of aryl methyl sites for hydroxylation is 1. The Kier molecular flexibility index (Phi) is 21.0. The number of carbonyl (C=O) groups excluding carboxylic acids is 8. The molecular formula is C57H71N13O8S. The van der Waals surface area contributed by atoms with E-state index in [1.54, 1.807) is 42.7 Å². The Bertz CT molecular complexity index is 2990. The number of thiazole rings is 1. The maximum atomic E-state index is 14.4. The first kappa shape index (κ1) is 58.4. The van der Waals surface area contributed by atoms with Crippen molar-refractivity contribution in [1.29, 1.82) is 0 Å². The van der Waals surface area contributed by atoms with E-state index in [4.69, 9.17) is 5.73 Å². The van der Waals surface area contributed by atoms with Crippen molar-refractivity contribution in [2.45, 2.75) is 127 Å². The van der Waals surface area contributed by atoms with Crippen LogP contribution in [0.25, 0.3) is 10.9 Å². The highest BCUT2D eigenvalue weighted by molar-refractivity contribution is 7.09. The molecule has 3 aromatic carbocycles. The summed E-state index contributed by atoms with van der Waals surface area (Å²) in [5, 5.41) is 23.1. The van der Waals surface area contributed by atoms with Gasteiger partial charge in [0.05, 0.1) is 17.4 Å². The van der Waals surface area contributed by atoms with Crippen LogP contribution in [0.5, 0.6) is 0 Å². The van der Waals surface area contributed by atoms with Crippen LogP contribution in [0.3, 0.4) is 0 Å². The summed E-state index contributed by atoms with van der Waals surface area (Å²) in [5.41, 5.74) is 9.78. The number of carbonyl (C=O) groups is 8. The molecule has 21 nitrogen and oxygen atoms in total. The van der Waals surface area contributed by atoms with E-state index in [1.165, 1.54) is 31.5 Å². The molecule has 0 saturated carbocycles. The third-order valence-electron chi connectivity index (χ3n) is 14.0. The van der Waals surface area contributed by atoms with Gasteiger partial charge in [0.1, 0.15) is 36.3 Å². The van der Waals surface area contributed by atoms with Crippen molar-refractivity contribution in [1.82, 2.24) is 62.1 Å². The zero-order valence-corrected chi connectivity index (χ0v) is 45.6. The summed E-state index contributed by atoms with van der Waals surface area (Å²) in [4.78, 5) is 127. The lowest BCUT2D eigenvalue weighted by atomic mass is 10.0. The number of primary amides is 1. The number of para-hydroxylation sites is 1. The van der Waals surface area contributed by atoms with Gasteiger partial charge in [0.2, 0.25) is 47.3 Å². The van der Waals surface area contributed by atoms with E-state index in [0.717, 1.165) is 22.0 Å². The molecule has 0 aliphatic carbocycles. The number of rotatable bonds is 28. The van der Waals surface area contributed by atoms with Crippen molar-refractivity contribution in [2.75, 3.05) is 13.1 Å². The zero-order chi connectivity index (χ0) is 56.4. The molecule has 8 amide bonds. The number of imidazole rings is 1. The number of amides is 8. The van der Waals surface area contributed by atoms with Gasteiger partial charge in [-0.1, -0.05) is 92.7 Å². The van der Waals surface area contributed by atoms with Crippen molar-refractivity contribution in [2.24, 2.45) is 11.7 Å². The minimum absolute atomic E-state index is 0.00949. The molecule has 3 aromatic heterocycles. The molecule has 418 valence electrons. The van der Waals surface area contributed by atoms with E-state index in [2.05, 4.69) is 57.2 Å². The Morgan fingerprint density at radius 2 is 1.33 bits per heavy atom. The zero-order valence-electron chi connectivity index (χ0n) is 44.8. The van der Waals surface area contributed by atoms with Gasteiger partial charge < -0.3 is 57.8 Å². The molecule has 22 heteroatoms. The summed E-state index contributed by atoms with van der Waals surface area (Å²) in [6.45, 7) is 7.04. The van der Waals surface area contributed by atoms with Crippen molar-refractivity contribution in [3.05, 3.63) is 143 Å². The Labute approximate surface area is 462 Å². The number of hydrogen-bond acceptors (Lipinski definition) is 12. The van der Waals surface area contributed by atoms with Gasteiger partial charge in [-0.3, -0.25) is 38.4 Å². The number of likely N-dealkylation sites (tertiary alicyclic amines) is 1. The number of aromatic amines is 2. The highest BCUT2D eigenvalue weighted by Crippen LogP contribution is 2.22. The second kappa shape index (κ2) is 28.4. The van der Waals surface area contributed by atoms with E-state index in [-0.39, 0.29) is 43.5 Å². The van der Waals surface area contributed by atoms with Gasteiger partial charge in [-0.25, -0.2) is 9.97 Å². The molecule has 0 spiro atoms. The molecule has 4 heterocycles. The van der Waals surface area contributed by atoms with E-state index >= 15 is 0 Å². The summed E-state index contributed by atoms with van der Waals surface area (Å²) < 4.78 is 0. The highest BCUT2D eigenvalue weighted by atomic mass is 32.1. The molecule has 0 radical (unpaired) electrons. The van der Waals surface area contributed by atoms with Gasteiger partial charge in [-0.15, -0.1) is 11.3 Å². The first-order chi connectivity index (χ1) is 38.0. The number of aromatic nitrogens is 4. The molecule has 0 unspecified atom stereocenters. The minimum atomic E-state index is -1.23. The fraction of sp³-hybridized carbons (Fsp3) is 0.404. The van der Waals surface area contributed by atoms with Crippen LogP contribution in [-0.2, 0) is 70.5 Å². The lowest BCUT2D eigenvalue weighted by Crippen LogP contribution is -2.60. The first-order valence-corrected chi connectivity index (χ1v) is 27.5. The van der Waals surface area contributed by atoms with Crippen LogP contribution in [-0.4, -0.2) is 134 Å². The molecule has 6 aromatic rings. The second-order valence-corrected chi connectivity index (χ2v) is 21.3. The van der Waals surface area contributed by atoms with Crippen LogP contribution in [0, 0.1) is 5.92 Å². The number of benzene rings is 3. The molecule has 7 rings (SSSR count). The van der Waals surface area contributed by atoms with Crippen LogP contribution in [0.15, 0.2) is 115 Å². The summed E-state index contributed by atoms with van der Waals surface area (Å²) in [5.74, 6) is -5.12. The molecule has 11 N–H and O–H groups in total. The van der Waals surface area contributed by atoms with Gasteiger partial charge >= 0.3 is 0 Å². The molecule has 79 heavy (non-hydrogen) atoms. The second-order valence-electron chi connectivity index (χ2n) is 20.3. The molecule has 1 aliphatic rings. The largest absolute Gasteiger partial charge is 0.368 e. The molecule has 0 bridgehead atoms. The number of H-pyrrole nitrogens is 2. The van der Waals surface area contributed by atoms with Gasteiger partial charge in [-0.2, -0.15) is 0 Å². The lowest BCUT2D eigenvalue weighted by molar-refractivity contribution is -0.138. The van der Waals surface area contributed by atoms with Gasteiger partial charge in [-0.05, 0) is 68.2 Å². The maximum Gasteiger partial charge on any atom is 0.245 e. The average Bonchev–Trinajstić information content (AvgIpc) is 4.31. The number of nitrogens with zero attached hydrogens (tertiary/aromatic N) is 3. The Hall–Kier alpha value is -8.24. The normalized spacial score (nSPS) is 15.9. The molecular weight excluding hydrogens is 1030 g/mol. The fourth-order valence-electron chi connectivity index (χ4n) is 9.52. The minimum Gasteiger partial charge on any atom is -0.368 e. The fourth-order valence-corrected chi connectivity index (χ4v) is 10.2. The van der Waals surface area contributed by atoms with Crippen molar-refractivity contribution < 1.29 is 38.4 Å². The van der Waals surface area contributed by atoms with Gasteiger partial charge in [0.25, 0.3) is 0 Å². The summed E-state index contributed by atoms with van der Waals surface area (Å²) in [6.07, 6.45) is 8.82. The van der Waals surface area contributed by atoms with Crippen molar-refractivity contribution in [3.63, 3.8) is 0 Å². The van der Waals surface area contributed by atoms with Crippen molar-refractivity contribution >= 4 is 69.5 Å². The standard InChI is InChI=1S/C57H71N13O8S/c1-34(2)50(56(77)65-35(3)52(73)68-47(28-40-31-59-33-63-40)57(78)70-24-13-18-41(70)32-62-44(51(58)72)26-38-16-9-6-10-17-38)69-53(74)36(4)64-54(75)45(27-39-30-61-43-20-12-11-19-42(39)43)67-55(76)46(29-49-60-23-25-79-49)66-48(71)22-21-37-14-7-5-8-15-37/h5-12,14-17,19-20,23,25,30-31,33-36,41,44-47,50,61-62H,13,18,21-22,24,26-29,32H2,1-4H3,(H2,58,72)(H,59,63)(H,64,75)(H,65,77)(H,66,71)(H,67,76)(H,68,73)(H,69,74)/t35-,36+,41-,44+,45+,46+,47+,50+/m1/s1. The average molecular weight is 1100 g/mol. The quantitative estimate of drug-likeness (QED) is 0.0340. The SMILES string of the molecule is CC(C)[C@H](NC(=O)[C@H](C)NC(=O)[C@H](Cc1c[nH]c2ccccc12)NC(=O)[C@H](Cc1nccs1)NC(=O)CCc1ccccc1)C(=O)N[C@H](C)C(=O)N[C@@H](Cc1cnc[nH]1)C(=O)N1CCC[C@@H]1CN[C@@H](Cc1ccccc1)C(N)=O. The van der Waals surface area contributed by atoms with E-state index in [0.29, 0.717) is 55.0 Å². The van der Waals surface area contributed by atoms with Crippen LogP contribution < -0.4 is 43.0 Å². The van der Waals surface area contributed by atoms with Crippen LogP contribution in [0.1, 0.15) is 74.3 Å². The monoisotopic (exact) mass is 1100 g/mol. The highest BCUT2D eigenvalue weighted by Gasteiger charge is 2.37. The summed E-state index contributed by atoms with van der Waals surface area (Å²) in [6, 6.07) is 18.5. The van der Waals surface area contributed by atoms with E-state index in [9.17, 15) is 38.4 Å². The molecule has 1 saturated heterocycles. The van der Waals surface area contributed by atoms with Crippen LogP contribution in [0.2, 0.25) is 0 Å². The summed E-state index contributed by atoms with van der Waals surface area (Å²) in [7, 11) is 0. The number of nitrogens with two attached hydrogens (primary N) is 1. The third-order valence-corrected chi connectivity index (χ3v) is 14.8. The maximum absolute atomic E-state index is 14.4. The van der Waals surface area contributed by atoms with Crippen LogP contribution in [0.4, 0.5) is 0 Å². The third kappa shape index (κ3) is 16.9. The predicted molar refractivity (Wildman–Crippen MR) is 299 cm³/mol. The topological polar surface area (TPSA) is 307 Å². The number of fused-ring (bicyclic) bond motifs is 1. The number of hydrogen-bond donors (Lipinski definition) is 10. The van der Waals surface area contributed by atoms with E-state index in [1.807, 2.05) is 84.9 Å². The summed E-state index contributed by atoms with van der Waals surface area (Å²) >= 11 is 1.32. The molecule has 8 atom stereocenters. The smallest absolute Gasteiger partial charge is 0.245 e. The Morgan fingerprint density at radius 1 is 0.684 bits per heavy atom. The predicted octanol–water partition coefficient (Wildman–Crippen LogP) is 2.29. The van der Waals surface area contributed by atoms with E-state index < -0.39 is 83.7 Å². The van der Waals surface area contributed by atoms with Gasteiger partial charge in [0, 0.05) is 85.4 Å². The van der Waals surface area contributed by atoms with Crippen molar-refractivity contribution in [3.8, 4) is 0 Å². The Morgan fingerprint density at radius 3 is 2.00 bits per heavy atom.